The Hall–Kier alpha value is -3.91. The molecule has 2 aromatic heterocycles. The van der Waals surface area contributed by atoms with Crippen molar-refractivity contribution in [3.63, 3.8) is 0 Å². The van der Waals surface area contributed by atoms with Crippen molar-refractivity contribution in [2.24, 2.45) is 0 Å². The summed E-state index contributed by atoms with van der Waals surface area (Å²) >= 11 is 5.83. The van der Waals surface area contributed by atoms with Crippen molar-refractivity contribution in [2.75, 3.05) is 11.9 Å². The summed E-state index contributed by atoms with van der Waals surface area (Å²) in [6, 6.07) is 19.2. The Bertz CT molecular complexity index is 1210. The molecule has 8 nitrogen and oxygen atoms in total. The van der Waals surface area contributed by atoms with Gasteiger partial charge in [-0.05, 0) is 74.5 Å². The largest absolute Gasteiger partial charge is 0.484 e. The lowest BCUT2D eigenvalue weighted by molar-refractivity contribution is -0.118. The number of aromatic nitrogens is 4. The van der Waals surface area contributed by atoms with Crippen LogP contribution >= 0.6 is 11.6 Å². The first-order valence-corrected chi connectivity index (χ1v) is 10.2. The summed E-state index contributed by atoms with van der Waals surface area (Å²) in [4.78, 5) is 12.1. The van der Waals surface area contributed by atoms with Gasteiger partial charge in [0, 0.05) is 22.5 Å². The quantitative estimate of drug-likeness (QED) is 0.438. The number of benzene rings is 2. The lowest BCUT2D eigenvalue weighted by Crippen LogP contribution is -2.20. The van der Waals surface area contributed by atoms with Crippen molar-refractivity contribution in [1.82, 2.24) is 20.0 Å². The number of anilines is 1. The van der Waals surface area contributed by atoms with Gasteiger partial charge in [0.1, 0.15) is 11.5 Å². The summed E-state index contributed by atoms with van der Waals surface area (Å²) in [6.45, 7) is 3.76. The maximum Gasteiger partial charge on any atom is 0.262 e. The van der Waals surface area contributed by atoms with Crippen LogP contribution in [0.1, 0.15) is 11.4 Å². The van der Waals surface area contributed by atoms with E-state index in [2.05, 4.69) is 20.6 Å². The number of carbonyl (C=O) groups excluding carboxylic acids is 1. The van der Waals surface area contributed by atoms with Crippen molar-refractivity contribution in [2.45, 2.75) is 13.8 Å². The molecule has 4 aromatic rings. The van der Waals surface area contributed by atoms with E-state index in [4.69, 9.17) is 21.1 Å². The second-order valence-corrected chi connectivity index (χ2v) is 7.42. The van der Waals surface area contributed by atoms with Crippen LogP contribution in [-0.4, -0.2) is 32.5 Å². The average Bonchev–Trinajstić information content (AvgIpc) is 3.13. The van der Waals surface area contributed by atoms with Crippen LogP contribution in [-0.2, 0) is 4.79 Å². The number of hydrogen-bond acceptors (Lipinski definition) is 6. The zero-order chi connectivity index (χ0) is 22.5. The molecule has 0 radical (unpaired) electrons. The van der Waals surface area contributed by atoms with E-state index < -0.39 is 0 Å². The van der Waals surface area contributed by atoms with Gasteiger partial charge in [0.05, 0.1) is 5.69 Å². The molecule has 4 rings (SSSR count). The van der Waals surface area contributed by atoms with Crippen LogP contribution in [0.25, 0.3) is 5.82 Å². The predicted molar refractivity (Wildman–Crippen MR) is 121 cm³/mol. The van der Waals surface area contributed by atoms with Crippen molar-refractivity contribution < 1.29 is 14.3 Å². The van der Waals surface area contributed by atoms with Crippen molar-refractivity contribution in [3.05, 3.63) is 83.1 Å². The van der Waals surface area contributed by atoms with Crippen LogP contribution in [0.15, 0.2) is 66.7 Å². The minimum Gasteiger partial charge on any atom is -0.484 e. The molecule has 162 valence electrons. The molecule has 9 heteroatoms. The Morgan fingerprint density at radius 1 is 0.969 bits per heavy atom. The lowest BCUT2D eigenvalue weighted by Gasteiger charge is -2.09. The number of halogens is 1. The average molecular weight is 450 g/mol. The van der Waals surface area contributed by atoms with Crippen LogP contribution in [0.2, 0.25) is 5.02 Å². The van der Waals surface area contributed by atoms with Gasteiger partial charge in [-0.2, -0.15) is 5.10 Å². The van der Waals surface area contributed by atoms with Crippen molar-refractivity contribution in [3.8, 4) is 23.2 Å². The molecule has 0 fully saturated rings. The third-order valence-corrected chi connectivity index (χ3v) is 4.65. The zero-order valence-corrected chi connectivity index (χ0v) is 18.2. The number of rotatable bonds is 7. The lowest BCUT2D eigenvalue weighted by atomic mass is 10.3. The van der Waals surface area contributed by atoms with Crippen LogP contribution in [0.5, 0.6) is 17.4 Å². The first kappa shape index (κ1) is 21.3. The zero-order valence-electron chi connectivity index (χ0n) is 17.4. The van der Waals surface area contributed by atoms with Gasteiger partial charge in [0.2, 0.25) is 5.88 Å². The molecule has 0 aliphatic carbocycles. The van der Waals surface area contributed by atoms with Crippen LogP contribution in [0, 0.1) is 13.8 Å². The molecule has 0 spiro atoms. The van der Waals surface area contributed by atoms with Crippen molar-refractivity contribution >= 4 is 23.2 Å². The fourth-order valence-corrected chi connectivity index (χ4v) is 3.07. The molecule has 32 heavy (non-hydrogen) atoms. The molecule has 0 saturated heterocycles. The molecule has 1 N–H and O–H groups in total. The Kier molecular flexibility index (Phi) is 6.32. The van der Waals surface area contributed by atoms with E-state index in [0.717, 1.165) is 11.4 Å². The summed E-state index contributed by atoms with van der Waals surface area (Å²) in [6.07, 6.45) is 0. The molecule has 0 aliphatic heterocycles. The fourth-order valence-electron chi connectivity index (χ4n) is 2.95. The Labute approximate surface area is 189 Å². The van der Waals surface area contributed by atoms with Gasteiger partial charge in [0.15, 0.2) is 12.4 Å². The molecule has 2 aromatic carbocycles. The highest BCUT2D eigenvalue weighted by molar-refractivity contribution is 6.30. The normalized spacial score (nSPS) is 10.6. The summed E-state index contributed by atoms with van der Waals surface area (Å²) in [5.74, 6) is 1.82. The number of aryl methyl sites for hydroxylation is 2. The van der Waals surface area contributed by atoms with Gasteiger partial charge >= 0.3 is 0 Å². The maximum atomic E-state index is 12.1. The molecule has 2 heterocycles. The standard InChI is InChI=1S/C23H20ClN5O3/c1-15-13-16(2)29(28-15)21-11-12-23(27-26-21)32-20-9-5-18(6-10-20)25-22(30)14-31-19-7-3-17(24)4-8-19/h3-13H,14H2,1-2H3,(H,25,30). The highest BCUT2D eigenvalue weighted by atomic mass is 35.5. The number of hydrogen-bond donors (Lipinski definition) is 1. The number of ether oxygens (including phenoxy) is 2. The molecular weight excluding hydrogens is 430 g/mol. The Balaban J connectivity index is 1.31. The Morgan fingerprint density at radius 3 is 2.31 bits per heavy atom. The van der Waals surface area contributed by atoms with E-state index in [9.17, 15) is 4.79 Å². The summed E-state index contributed by atoms with van der Waals surface area (Å²) < 4.78 is 12.9. The van der Waals surface area contributed by atoms with Gasteiger partial charge in [-0.3, -0.25) is 4.79 Å². The first-order valence-electron chi connectivity index (χ1n) is 9.80. The second kappa shape index (κ2) is 9.49. The second-order valence-electron chi connectivity index (χ2n) is 6.99. The van der Waals surface area contributed by atoms with Gasteiger partial charge in [-0.25, -0.2) is 4.68 Å². The smallest absolute Gasteiger partial charge is 0.262 e. The minimum absolute atomic E-state index is 0.114. The topological polar surface area (TPSA) is 91.2 Å². The fraction of sp³-hybridized carbons (Fsp3) is 0.130. The van der Waals surface area contributed by atoms with E-state index in [0.29, 0.717) is 33.9 Å². The van der Waals surface area contributed by atoms with E-state index >= 15 is 0 Å². The summed E-state index contributed by atoms with van der Waals surface area (Å²) in [5, 5.41) is 16.0. The molecule has 0 bridgehead atoms. The van der Waals surface area contributed by atoms with Gasteiger partial charge in [-0.1, -0.05) is 11.6 Å². The highest BCUT2D eigenvalue weighted by Crippen LogP contribution is 2.22. The van der Waals surface area contributed by atoms with E-state index in [1.54, 1.807) is 65.3 Å². The third-order valence-electron chi connectivity index (χ3n) is 4.40. The molecule has 0 unspecified atom stereocenters. The van der Waals surface area contributed by atoms with Crippen LogP contribution in [0.4, 0.5) is 5.69 Å². The van der Waals surface area contributed by atoms with Gasteiger partial charge in [0.25, 0.3) is 5.91 Å². The maximum absolute atomic E-state index is 12.1. The number of amides is 1. The van der Waals surface area contributed by atoms with E-state index in [-0.39, 0.29) is 12.5 Å². The molecule has 0 aliphatic rings. The third kappa shape index (κ3) is 5.41. The van der Waals surface area contributed by atoms with Gasteiger partial charge in [-0.15, -0.1) is 10.2 Å². The summed E-state index contributed by atoms with van der Waals surface area (Å²) in [5.41, 5.74) is 2.50. The summed E-state index contributed by atoms with van der Waals surface area (Å²) in [7, 11) is 0. The molecule has 1 amide bonds. The molecule has 0 atom stereocenters. The predicted octanol–water partition coefficient (Wildman–Crippen LogP) is 4.74. The number of nitrogens with zero attached hydrogens (tertiary/aromatic N) is 4. The molecular formula is C23H20ClN5O3. The molecule has 0 saturated carbocycles. The monoisotopic (exact) mass is 449 g/mol. The number of carbonyl (C=O) groups is 1. The van der Waals surface area contributed by atoms with Crippen molar-refractivity contribution in [1.29, 1.82) is 0 Å². The highest BCUT2D eigenvalue weighted by Gasteiger charge is 2.08. The first-order chi connectivity index (χ1) is 15.5. The minimum atomic E-state index is -0.278. The van der Waals surface area contributed by atoms with Crippen LogP contribution in [0.3, 0.4) is 0 Å². The van der Waals surface area contributed by atoms with E-state index in [1.807, 2.05) is 19.9 Å². The number of nitrogens with one attached hydrogen (secondary N) is 1. The SMILES string of the molecule is Cc1cc(C)n(-c2ccc(Oc3ccc(NC(=O)COc4ccc(Cl)cc4)cc3)nn2)n1. The van der Waals surface area contributed by atoms with Crippen LogP contribution < -0.4 is 14.8 Å². The van der Waals surface area contributed by atoms with E-state index in [1.165, 1.54) is 0 Å². The Morgan fingerprint density at radius 2 is 1.69 bits per heavy atom. The van der Waals surface area contributed by atoms with Gasteiger partial charge < -0.3 is 14.8 Å².